The van der Waals surface area contributed by atoms with Gasteiger partial charge in [-0.1, -0.05) is 54.6 Å². The number of anilines is 1. The fourth-order valence-corrected chi connectivity index (χ4v) is 5.21. The molecule has 0 aromatic heterocycles. The fourth-order valence-electron chi connectivity index (χ4n) is 3.63. The summed E-state index contributed by atoms with van der Waals surface area (Å²) in [5.41, 5.74) is 2.19. The van der Waals surface area contributed by atoms with Crippen LogP contribution < -0.4 is 19.1 Å². The highest BCUT2D eigenvalue weighted by Gasteiger charge is 2.36. The summed E-state index contributed by atoms with van der Waals surface area (Å²) < 4.78 is 39.3. The summed E-state index contributed by atoms with van der Waals surface area (Å²) in [6.07, 6.45) is -0.968. The van der Waals surface area contributed by atoms with Crippen molar-refractivity contribution in [3.63, 3.8) is 0 Å². The lowest BCUT2D eigenvalue weighted by molar-refractivity contribution is -0.127. The minimum absolute atomic E-state index is 0.100. The van der Waals surface area contributed by atoms with Gasteiger partial charge in [-0.3, -0.25) is 9.10 Å². The van der Waals surface area contributed by atoms with Crippen LogP contribution in [0.4, 0.5) is 5.69 Å². The monoisotopic (exact) mass is 466 g/mol. The van der Waals surface area contributed by atoms with E-state index < -0.39 is 22.0 Å². The number of ether oxygens (including phenoxy) is 2. The largest absolute Gasteiger partial charge is 0.492 e. The molecule has 7 nitrogen and oxygen atoms in total. The van der Waals surface area contributed by atoms with Crippen LogP contribution in [0.3, 0.4) is 0 Å². The van der Waals surface area contributed by atoms with Gasteiger partial charge in [-0.15, -0.1) is 0 Å². The molecule has 1 heterocycles. The number of nitrogens with one attached hydrogen (secondary N) is 1. The van der Waals surface area contributed by atoms with E-state index in [1.54, 1.807) is 48.5 Å². The second-order valence-electron chi connectivity index (χ2n) is 7.80. The molecule has 0 aliphatic carbocycles. The Kier molecular flexibility index (Phi) is 6.84. The molecule has 0 saturated carbocycles. The number of nitrogens with zero attached hydrogens (tertiary/aromatic N) is 1. The molecule has 1 amide bonds. The Hall–Kier alpha value is -3.52. The van der Waals surface area contributed by atoms with E-state index in [0.717, 1.165) is 11.3 Å². The quantitative estimate of drug-likeness (QED) is 0.515. The van der Waals surface area contributed by atoms with Crippen molar-refractivity contribution in [3.8, 4) is 11.5 Å². The summed E-state index contributed by atoms with van der Waals surface area (Å²) >= 11 is 0. The normalized spacial score (nSPS) is 15.3. The van der Waals surface area contributed by atoms with Crippen LogP contribution >= 0.6 is 0 Å². The molecular weight excluding hydrogens is 440 g/mol. The molecule has 1 N–H and O–H groups in total. The van der Waals surface area contributed by atoms with E-state index >= 15 is 0 Å². The lowest BCUT2D eigenvalue weighted by atomic mass is 10.2. The highest BCUT2D eigenvalue weighted by molar-refractivity contribution is 7.92. The number of benzene rings is 3. The van der Waals surface area contributed by atoms with Gasteiger partial charge in [-0.25, -0.2) is 8.42 Å². The first-order chi connectivity index (χ1) is 15.9. The molecule has 3 aromatic carbocycles. The van der Waals surface area contributed by atoms with Crippen molar-refractivity contribution in [1.82, 2.24) is 5.32 Å². The van der Waals surface area contributed by atoms with Gasteiger partial charge < -0.3 is 14.8 Å². The van der Waals surface area contributed by atoms with E-state index in [-0.39, 0.29) is 25.4 Å². The third kappa shape index (κ3) is 5.64. The predicted molar refractivity (Wildman–Crippen MR) is 127 cm³/mol. The highest BCUT2D eigenvalue weighted by atomic mass is 32.2. The molecule has 0 bridgehead atoms. The van der Waals surface area contributed by atoms with Gasteiger partial charge in [0, 0.05) is 0 Å². The minimum atomic E-state index is -3.73. The maximum Gasteiger partial charge on any atom is 0.263 e. The van der Waals surface area contributed by atoms with Crippen molar-refractivity contribution in [1.29, 1.82) is 0 Å². The lowest BCUT2D eigenvalue weighted by Gasteiger charge is -2.34. The van der Waals surface area contributed by atoms with Gasteiger partial charge in [-0.2, -0.15) is 0 Å². The van der Waals surface area contributed by atoms with Gasteiger partial charge in [0.25, 0.3) is 5.91 Å². The van der Waals surface area contributed by atoms with Crippen LogP contribution in [0.25, 0.3) is 0 Å². The standard InChI is InChI=1S/C25H26N2O5S/c1-19-8-7-11-21(16-19)31-15-14-26-25(28)24-17-27(22-12-5-6-13-23(22)32-24)33(29,30)18-20-9-3-2-4-10-20/h2-13,16,24H,14-15,17-18H2,1H3,(H,26,28)/t24-/m1/s1. The zero-order chi connectivity index (χ0) is 23.3. The Balaban J connectivity index is 1.42. The van der Waals surface area contributed by atoms with Crippen LogP contribution in [0.15, 0.2) is 78.9 Å². The minimum Gasteiger partial charge on any atom is -0.492 e. The van der Waals surface area contributed by atoms with Crippen LogP contribution in [0, 0.1) is 6.92 Å². The average Bonchev–Trinajstić information content (AvgIpc) is 2.81. The van der Waals surface area contributed by atoms with Gasteiger partial charge >= 0.3 is 0 Å². The summed E-state index contributed by atoms with van der Waals surface area (Å²) in [5, 5.41) is 2.78. The smallest absolute Gasteiger partial charge is 0.263 e. The third-order valence-corrected chi connectivity index (χ3v) is 6.93. The van der Waals surface area contributed by atoms with Crippen LogP contribution in [0.1, 0.15) is 11.1 Å². The molecule has 0 spiro atoms. The number of fused-ring (bicyclic) bond motifs is 1. The molecule has 8 heteroatoms. The molecule has 172 valence electrons. The number of carbonyl (C=O) groups excluding carboxylic acids is 1. The van der Waals surface area contributed by atoms with Crippen LogP contribution in [0.2, 0.25) is 0 Å². The molecule has 0 unspecified atom stereocenters. The molecular formula is C25H26N2O5S. The second kappa shape index (κ2) is 9.95. The zero-order valence-electron chi connectivity index (χ0n) is 18.3. The van der Waals surface area contributed by atoms with E-state index in [0.29, 0.717) is 17.0 Å². The summed E-state index contributed by atoms with van der Waals surface area (Å²) in [4.78, 5) is 12.8. The van der Waals surface area contributed by atoms with E-state index in [2.05, 4.69) is 5.32 Å². The van der Waals surface area contributed by atoms with Gasteiger partial charge in [-0.05, 0) is 42.3 Å². The molecule has 1 atom stereocenters. The van der Waals surface area contributed by atoms with Crippen molar-refractivity contribution in [2.24, 2.45) is 0 Å². The Morgan fingerprint density at radius 1 is 1.06 bits per heavy atom. The van der Waals surface area contributed by atoms with Crippen molar-refractivity contribution in [2.75, 3.05) is 24.0 Å². The maximum absolute atomic E-state index is 13.2. The molecule has 1 aliphatic rings. The lowest BCUT2D eigenvalue weighted by Crippen LogP contribution is -2.51. The summed E-state index contributed by atoms with van der Waals surface area (Å²) in [7, 11) is -3.73. The number of amides is 1. The van der Waals surface area contributed by atoms with Crippen molar-refractivity contribution in [2.45, 2.75) is 18.8 Å². The number of hydrogen-bond donors (Lipinski definition) is 1. The number of carbonyl (C=O) groups is 1. The Labute approximate surface area is 194 Å². The van der Waals surface area contributed by atoms with Crippen molar-refractivity contribution < 1.29 is 22.7 Å². The maximum atomic E-state index is 13.2. The Morgan fingerprint density at radius 2 is 1.82 bits per heavy atom. The molecule has 0 saturated heterocycles. The highest BCUT2D eigenvalue weighted by Crippen LogP contribution is 2.35. The van der Waals surface area contributed by atoms with Gasteiger partial charge in [0.2, 0.25) is 10.0 Å². The van der Waals surface area contributed by atoms with Crippen LogP contribution in [0.5, 0.6) is 11.5 Å². The SMILES string of the molecule is Cc1cccc(OCCNC(=O)[C@H]2CN(S(=O)(=O)Cc3ccccc3)c3ccccc3O2)c1. The first-order valence-corrected chi connectivity index (χ1v) is 12.3. The van der Waals surface area contributed by atoms with E-state index in [9.17, 15) is 13.2 Å². The summed E-state index contributed by atoms with van der Waals surface area (Å²) in [6.45, 7) is 2.43. The Bertz CT molecular complexity index is 1210. The van der Waals surface area contributed by atoms with Gasteiger partial charge in [0.15, 0.2) is 6.10 Å². The van der Waals surface area contributed by atoms with E-state index in [1.807, 2.05) is 37.3 Å². The van der Waals surface area contributed by atoms with Gasteiger partial charge in [0.1, 0.15) is 18.1 Å². The third-order valence-electron chi connectivity index (χ3n) is 5.21. The number of aryl methyl sites for hydroxylation is 1. The van der Waals surface area contributed by atoms with E-state index in [4.69, 9.17) is 9.47 Å². The molecule has 4 rings (SSSR count). The predicted octanol–water partition coefficient (Wildman–Crippen LogP) is 3.29. The summed E-state index contributed by atoms with van der Waals surface area (Å²) in [5.74, 6) is 0.528. The second-order valence-corrected chi connectivity index (χ2v) is 9.70. The molecule has 0 fully saturated rings. The first kappa shape index (κ1) is 22.7. The molecule has 33 heavy (non-hydrogen) atoms. The number of para-hydroxylation sites is 2. The zero-order valence-corrected chi connectivity index (χ0v) is 19.1. The topological polar surface area (TPSA) is 84.9 Å². The average molecular weight is 467 g/mol. The Morgan fingerprint density at radius 3 is 2.61 bits per heavy atom. The number of sulfonamides is 1. The van der Waals surface area contributed by atoms with Crippen molar-refractivity contribution in [3.05, 3.63) is 90.0 Å². The van der Waals surface area contributed by atoms with Crippen molar-refractivity contribution >= 4 is 21.6 Å². The number of rotatable bonds is 8. The summed E-state index contributed by atoms with van der Waals surface area (Å²) in [6, 6.07) is 23.5. The fraction of sp³-hybridized carbons (Fsp3) is 0.240. The molecule has 1 aliphatic heterocycles. The van der Waals surface area contributed by atoms with Crippen LogP contribution in [-0.2, 0) is 20.6 Å². The molecule has 3 aromatic rings. The van der Waals surface area contributed by atoms with Crippen LogP contribution in [-0.4, -0.2) is 40.1 Å². The van der Waals surface area contributed by atoms with E-state index in [1.165, 1.54) is 4.31 Å². The number of hydrogen-bond acceptors (Lipinski definition) is 5. The van der Waals surface area contributed by atoms with Gasteiger partial charge in [0.05, 0.1) is 24.5 Å². The molecule has 0 radical (unpaired) electrons. The first-order valence-electron chi connectivity index (χ1n) is 10.7.